The summed E-state index contributed by atoms with van der Waals surface area (Å²) < 4.78 is 4.86. The zero-order chi connectivity index (χ0) is 13.2. The number of benzene rings is 1. The Morgan fingerprint density at radius 2 is 1.35 bits per heavy atom. The van der Waals surface area contributed by atoms with Crippen LogP contribution in [0, 0.1) is 6.92 Å². The maximum atomic E-state index is 11.7. The van der Waals surface area contributed by atoms with E-state index in [0.717, 1.165) is 0 Å². The predicted molar refractivity (Wildman–Crippen MR) is 71.7 cm³/mol. The van der Waals surface area contributed by atoms with Gasteiger partial charge in [0.25, 0.3) is 0 Å². The van der Waals surface area contributed by atoms with Gasteiger partial charge in [-0.25, -0.2) is 4.79 Å². The fourth-order valence-electron chi connectivity index (χ4n) is 1.02. The van der Waals surface area contributed by atoms with Crippen LogP contribution in [-0.2, 0) is 4.74 Å². The molecule has 0 aromatic heterocycles. The zero-order valence-corrected chi connectivity index (χ0v) is 12.1. The number of ether oxygens (including phenoxy) is 1. The molecule has 2 nitrogen and oxygen atoms in total. The van der Waals surface area contributed by atoms with Gasteiger partial charge in [-0.2, -0.15) is 0 Å². The van der Waals surface area contributed by atoms with Crippen LogP contribution in [0.15, 0.2) is 0 Å². The third-order valence-electron chi connectivity index (χ3n) is 1.79. The summed E-state index contributed by atoms with van der Waals surface area (Å²) in [5.41, 5.74) is -0.0961. The van der Waals surface area contributed by atoms with Crippen molar-refractivity contribution in [2.24, 2.45) is 0 Å². The highest BCUT2D eigenvalue weighted by Crippen LogP contribution is 2.44. The van der Waals surface area contributed by atoms with Crippen molar-refractivity contribution >= 4 is 64.0 Å². The Bertz CT molecular complexity index is 429. The SMILES string of the molecule is [CH2]CCOC(=O)c1c(Cl)c(Cl)c(Cl)c(Cl)c1Cl. The first-order valence-corrected chi connectivity index (χ1v) is 6.28. The van der Waals surface area contributed by atoms with Gasteiger partial charge in [0.15, 0.2) is 0 Å². The van der Waals surface area contributed by atoms with E-state index in [1.807, 2.05) is 0 Å². The molecule has 93 valence electrons. The molecule has 0 amide bonds. The molecule has 1 radical (unpaired) electrons. The molecule has 0 bridgehead atoms. The Morgan fingerprint density at radius 1 is 0.941 bits per heavy atom. The van der Waals surface area contributed by atoms with Crippen molar-refractivity contribution in [1.82, 2.24) is 0 Å². The summed E-state index contributed by atoms with van der Waals surface area (Å²) in [7, 11) is 0. The first-order chi connectivity index (χ1) is 7.91. The molecule has 0 fully saturated rings. The maximum absolute atomic E-state index is 11.7. The van der Waals surface area contributed by atoms with Crippen LogP contribution >= 0.6 is 58.0 Å². The summed E-state index contributed by atoms with van der Waals surface area (Å²) in [6, 6.07) is 0. The molecule has 0 heterocycles. The van der Waals surface area contributed by atoms with E-state index >= 15 is 0 Å². The predicted octanol–water partition coefficient (Wildman–Crippen LogP) is 5.33. The van der Waals surface area contributed by atoms with Crippen molar-refractivity contribution in [2.45, 2.75) is 6.42 Å². The van der Waals surface area contributed by atoms with Crippen molar-refractivity contribution in [3.63, 3.8) is 0 Å². The minimum atomic E-state index is -0.718. The number of carbonyl (C=O) groups is 1. The van der Waals surface area contributed by atoms with Gasteiger partial charge in [-0.1, -0.05) is 58.0 Å². The minimum absolute atomic E-state index is 0.00274. The lowest BCUT2D eigenvalue weighted by Crippen LogP contribution is -2.08. The lowest BCUT2D eigenvalue weighted by Gasteiger charge is -2.11. The summed E-state index contributed by atoms with van der Waals surface area (Å²) in [5.74, 6) is -0.718. The van der Waals surface area contributed by atoms with Crippen LogP contribution in [-0.4, -0.2) is 12.6 Å². The van der Waals surface area contributed by atoms with Gasteiger partial charge in [-0.05, 0) is 13.3 Å². The molecule has 0 saturated heterocycles. The second-order valence-electron chi connectivity index (χ2n) is 2.93. The van der Waals surface area contributed by atoms with Crippen molar-refractivity contribution in [3.05, 3.63) is 37.6 Å². The number of esters is 1. The fraction of sp³-hybridized carbons (Fsp3) is 0.200. The normalized spacial score (nSPS) is 10.5. The number of hydrogen-bond donors (Lipinski definition) is 0. The summed E-state index contributed by atoms with van der Waals surface area (Å²) >= 11 is 29.1. The minimum Gasteiger partial charge on any atom is -0.462 e. The van der Waals surface area contributed by atoms with Crippen molar-refractivity contribution in [2.75, 3.05) is 6.61 Å². The summed E-state index contributed by atoms with van der Waals surface area (Å²) in [6.07, 6.45) is 0.427. The largest absolute Gasteiger partial charge is 0.462 e. The second-order valence-corrected chi connectivity index (χ2v) is 4.82. The third kappa shape index (κ3) is 3.12. The van der Waals surface area contributed by atoms with Crippen LogP contribution < -0.4 is 0 Å². The Labute approximate surface area is 124 Å². The van der Waals surface area contributed by atoms with Gasteiger partial charge in [0.2, 0.25) is 0 Å². The van der Waals surface area contributed by atoms with Crippen LogP contribution in [0.2, 0.25) is 25.1 Å². The fourth-order valence-corrected chi connectivity index (χ4v) is 2.31. The number of carbonyl (C=O) groups excluding carboxylic acids is 1. The van der Waals surface area contributed by atoms with Crippen molar-refractivity contribution in [3.8, 4) is 0 Å². The molecule has 0 unspecified atom stereocenters. The number of hydrogen-bond acceptors (Lipinski definition) is 2. The van der Waals surface area contributed by atoms with E-state index in [9.17, 15) is 4.79 Å². The molecule has 0 atom stereocenters. The van der Waals surface area contributed by atoms with Crippen molar-refractivity contribution in [1.29, 1.82) is 0 Å². The summed E-state index contributed by atoms with van der Waals surface area (Å²) in [5, 5.41) is -0.245. The van der Waals surface area contributed by atoms with E-state index < -0.39 is 5.97 Å². The van der Waals surface area contributed by atoms with Gasteiger partial charge >= 0.3 is 5.97 Å². The van der Waals surface area contributed by atoms with Gasteiger partial charge < -0.3 is 4.74 Å². The van der Waals surface area contributed by atoms with Gasteiger partial charge in [0, 0.05) is 0 Å². The molecular weight excluding hydrogens is 329 g/mol. The standard InChI is InChI=1S/C10H6Cl5O2/c1-2-3-17-10(16)4-5(11)7(13)9(15)8(14)6(4)12/h1-3H2. The molecule has 1 rings (SSSR count). The van der Waals surface area contributed by atoms with Gasteiger partial charge in [0.1, 0.15) is 0 Å². The molecule has 0 N–H and O–H groups in total. The highest BCUT2D eigenvalue weighted by molar-refractivity contribution is 6.56. The van der Waals surface area contributed by atoms with Crippen LogP contribution in [0.5, 0.6) is 0 Å². The second kappa shape index (κ2) is 6.35. The van der Waals surface area contributed by atoms with Gasteiger partial charge in [0.05, 0.1) is 37.3 Å². The van der Waals surface area contributed by atoms with Crippen molar-refractivity contribution < 1.29 is 9.53 Å². The van der Waals surface area contributed by atoms with Gasteiger partial charge in [-0.15, -0.1) is 0 Å². The lowest BCUT2D eigenvalue weighted by atomic mass is 10.2. The zero-order valence-electron chi connectivity index (χ0n) is 8.33. The molecule has 7 heteroatoms. The molecule has 17 heavy (non-hydrogen) atoms. The Kier molecular flexibility index (Phi) is 5.68. The first-order valence-electron chi connectivity index (χ1n) is 4.39. The Balaban J connectivity index is 3.29. The molecular formula is C10H6Cl5O2. The molecule has 0 aliphatic carbocycles. The summed E-state index contributed by atoms with van der Waals surface area (Å²) in [4.78, 5) is 11.7. The molecule has 0 spiro atoms. The van der Waals surface area contributed by atoms with Crippen LogP contribution in [0.1, 0.15) is 16.8 Å². The Morgan fingerprint density at radius 3 is 1.76 bits per heavy atom. The van der Waals surface area contributed by atoms with Crippen LogP contribution in [0.25, 0.3) is 0 Å². The average Bonchev–Trinajstić information content (AvgIpc) is 2.31. The molecule has 0 aliphatic rings. The Hall–Kier alpha value is 0.140. The number of rotatable bonds is 3. The van der Waals surface area contributed by atoms with E-state index in [1.165, 1.54) is 0 Å². The third-order valence-corrected chi connectivity index (χ3v) is 4.07. The average molecular weight is 335 g/mol. The maximum Gasteiger partial charge on any atom is 0.341 e. The topological polar surface area (TPSA) is 26.3 Å². The van der Waals surface area contributed by atoms with Gasteiger partial charge in [-0.3, -0.25) is 0 Å². The van der Waals surface area contributed by atoms with E-state index in [4.69, 9.17) is 62.7 Å². The number of halogens is 5. The van der Waals surface area contributed by atoms with E-state index in [2.05, 4.69) is 6.92 Å². The quantitative estimate of drug-likeness (QED) is 0.424. The van der Waals surface area contributed by atoms with Crippen LogP contribution in [0.3, 0.4) is 0 Å². The molecule has 1 aromatic carbocycles. The van der Waals surface area contributed by atoms with E-state index in [1.54, 1.807) is 0 Å². The smallest absolute Gasteiger partial charge is 0.341 e. The van der Waals surface area contributed by atoms with E-state index in [0.29, 0.717) is 6.42 Å². The van der Waals surface area contributed by atoms with E-state index in [-0.39, 0.29) is 37.3 Å². The first kappa shape index (κ1) is 15.2. The lowest BCUT2D eigenvalue weighted by molar-refractivity contribution is 0.0511. The summed E-state index contributed by atoms with van der Waals surface area (Å²) in [6.45, 7) is 3.67. The molecule has 0 aliphatic heterocycles. The highest BCUT2D eigenvalue weighted by Gasteiger charge is 2.24. The molecule has 0 saturated carbocycles. The highest BCUT2D eigenvalue weighted by atomic mass is 35.5. The van der Waals surface area contributed by atoms with Crippen LogP contribution in [0.4, 0.5) is 0 Å². The monoisotopic (exact) mass is 333 g/mol. The molecule has 1 aromatic rings.